The van der Waals surface area contributed by atoms with Crippen molar-refractivity contribution in [1.82, 2.24) is 4.90 Å². The molecule has 24 heavy (non-hydrogen) atoms. The fourth-order valence-electron chi connectivity index (χ4n) is 2.44. The molecule has 0 spiro atoms. The van der Waals surface area contributed by atoms with Crippen LogP contribution in [0.5, 0.6) is 17.2 Å². The molecule has 0 fully saturated rings. The van der Waals surface area contributed by atoms with Gasteiger partial charge in [-0.1, -0.05) is 24.8 Å². The predicted octanol–water partition coefficient (Wildman–Crippen LogP) is 2.87. The minimum absolute atomic E-state index is 0.0493. The number of hydrogen-bond acceptors (Lipinski definition) is 5. The first-order valence-electron chi connectivity index (χ1n) is 7.53. The van der Waals surface area contributed by atoms with Crippen LogP contribution in [-0.2, 0) is 6.54 Å². The fourth-order valence-corrected chi connectivity index (χ4v) is 2.44. The monoisotopic (exact) mass is 329 g/mol. The summed E-state index contributed by atoms with van der Waals surface area (Å²) < 4.78 is 10.3. The van der Waals surface area contributed by atoms with E-state index < -0.39 is 6.23 Å². The first-order chi connectivity index (χ1) is 11.5. The zero-order valence-corrected chi connectivity index (χ0v) is 14.2. The molecule has 0 amide bonds. The van der Waals surface area contributed by atoms with Gasteiger partial charge in [-0.3, -0.25) is 4.90 Å². The number of benzene rings is 2. The first-order valence-corrected chi connectivity index (χ1v) is 7.53. The molecule has 128 valence electrons. The van der Waals surface area contributed by atoms with Gasteiger partial charge in [0.25, 0.3) is 0 Å². The van der Waals surface area contributed by atoms with Crippen LogP contribution in [0.4, 0.5) is 0 Å². The van der Waals surface area contributed by atoms with E-state index in [9.17, 15) is 10.2 Å². The summed E-state index contributed by atoms with van der Waals surface area (Å²) in [5.74, 6) is 1.17. The Balaban J connectivity index is 2.11. The Labute approximate surface area is 142 Å². The summed E-state index contributed by atoms with van der Waals surface area (Å²) in [5.41, 5.74) is 2.25. The minimum Gasteiger partial charge on any atom is -0.504 e. The van der Waals surface area contributed by atoms with Crippen LogP contribution in [0.2, 0.25) is 0 Å². The number of phenolic OH excluding ortho intramolecular Hbond substituents is 1. The summed E-state index contributed by atoms with van der Waals surface area (Å²) in [5, 5.41) is 20.2. The van der Waals surface area contributed by atoms with Crippen molar-refractivity contribution in [1.29, 1.82) is 0 Å². The zero-order chi connectivity index (χ0) is 17.7. The predicted molar refractivity (Wildman–Crippen MR) is 94.2 cm³/mol. The maximum absolute atomic E-state index is 10.6. The lowest BCUT2D eigenvalue weighted by molar-refractivity contribution is 0.0657. The van der Waals surface area contributed by atoms with Gasteiger partial charge in [0.05, 0.1) is 14.2 Å². The number of rotatable bonds is 7. The molecule has 0 radical (unpaired) electrons. The first kappa shape index (κ1) is 17.8. The molecule has 5 heteroatoms. The minimum atomic E-state index is -0.870. The number of aliphatic hydroxyl groups is 1. The summed E-state index contributed by atoms with van der Waals surface area (Å²) >= 11 is 0. The Morgan fingerprint density at radius 1 is 1.17 bits per heavy atom. The SMILES string of the molecule is C=C(c1ccc(O)c(OC)c1)C(O)N(C)Cc1cccc(OC)c1. The molecule has 2 N–H and O–H groups in total. The highest BCUT2D eigenvalue weighted by Crippen LogP contribution is 2.30. The van der Waals surface area contributed by atoms with E-state index in [0.717, 1.165) is 11.3 Å². The van der Waals surface area contributed by atoms with E-state index in [-0.39, 0.29) is 5.75 Å². The maximum atomic E-state index is 10.6. The molecule has 0 saturated carbocycles. The van der Waals surface area contributed by atoms with Crippen molar-refractivity contribution in [2.24, 2.45) is 0 Å². The highest BCUT2D eigenvalue weighted by atomic mass is 16.5. The highest BCUT2D eigenvalue weighted by molar-refractivity contribution is 5.68. The van der Waals surface area contributed by atoms with Crippen LogP contribution in [0.3, 0.4) is 0 Å². The summed E-state index contributed by atoms with van der Waals surface area (Å²) in [6.07, 6.45) is -0.870. The Morgan fingerprint density at radius 3 is 2.58 bits per heavy atom. The molecule has 2 aromatic carbocycles. The van der Waals surface area contributed by atoms with Crippen LogP contribution in [-0.4, -0.2) is 42.6 Å². The topological polar surface area (TPSA) is 62.2 Å². The van der Waals surface area contributed by atoms with Crippen molar-refractivity contribution in [3.8, 4) is 17.2 Å². The molecule has 0 aliphatic rings. The van der Waals surface area contributed by atoms with Gasteiger partial charge in [0, 0.05) is 6.54 Å². The average molecular weight is 329 g/mol. The van der Waals surface area contributed by atoms with E-state index in [1.54, 1.807) is 24.1 Å². The Bertz CT molecular complexity index is 714. The average Bonchev–Trinajstić information content (AvgIpc) is 2.61. The van der Waals surface area contributed by atoms with Crippen molar-refractivity contribution in [2.45, 2.75) is 12.8 Å². The van der Waals surface area contributed by atoms with E-state index in [1.807, 2.05) is 31.3 Å². The van der Waals surface area contributed by atoms with Gasteiger partial charge in [-0.2, -0.15) is 0 Å². The number of ether oxygens (including phenoxy) is 2. The highest BCUT2D eigenvalue weighted by Gasteiger charge is 2.18. The van der Waals surface area contributed by atoms with Gasteiger partial charge in [0.2, 0.25) is 0 Å². The molecule has 5 nitrogen and oxygen atoms in total. The molecule has 0 bridgehead atoms. The van der Waals surface area contributed by atoms with Gasteiger partial charge in [-0.25, -0.2) is 0 Å². The number of methoxy groups -OCH3 is 2. The Kier molecular flexibility index (Phi) is 5.84. The molecule has 0 heterocycles. The second kappa shape index (κ2) is 7.86. The lowest BCUT2D eigenvalue weighted by Crippen LogP contribution is -2.31. The Hall–Kier alpha value is -2.50. The largest absolute Gasteiger partial charge is 0.504 e. The standard InChI is InChI=1S/C19H23NO4/c1-13(15-8-9-17(21)18(11-15)24-4)19(22)20(2)12-14-6-5-7-16(10-14)23-3/h5-11,19,21-22H,1,12H2,2-4H3. The van der Waals surface area contributed by atoms with Crippen LogP contribution in [0.15, 0.2) is 49.0 Å². The van der Waals surface area contributed by atoms with Crippen LogP contribution >= 0.6 is 0 Å². The van der Waals surface area contributed by atoms with E-state index in [2.05, 4.69) is 6.58 Å². The number of aromatic hydroxyl groups is 1. The zero-order valence-electron chi connectivity index (χ0n) is 14.2. The smallest absolute Gasteiger partial charge is 0.161 e. The summed E-state index contributed by atoms with van der Waals surface area (Å²) in [6.45, 7) is 4.51. The van der Waals surface area contributed by atoms with Gasteiger partial charge in [-0.05, 0) is 48.0 Å². The number of phenols is 1. The number of nitrogens with zero attached hydrogens (tertiary/aromatic N) is 1. The normalized spacial score (nSPS) is 12.0. The molecular weight excluding hydrogens is 306 g/mol. The van der Waals surface area contributed by atoms with E-state index in [0.29, 0.717) is 23.4 Å². The van der Waals surface area contributed by atoms with Gasteiger partial charge < -0.3 is 19.7 Å². The van der Waals surface area contributed by atoms with Crippen molar-refractivity contribution in [2.75, 3.05) is 21.3 Å². The maximum Gasteiger partial charge on any atom is 0.161 e. The fraction of sp³-hybridized carbons (Fsp3) is 0.263. The molecule has 0 aliphatic carbocycles. The molecular formula is C19H23NO4. The second-order valence-corrected chi connectivity index (χ2v) is 5.55. The lowest BCUT2D eigenvalue weighted by atomic mass is 10.0. The van der Waals surface area contributed by atoms with Crippen molar-refractivity contribution in [3.05, 3.63) is 60.2 Å². The third kappa shape index (κ3) is 4.07. The van der Waals surface area contributed by atoms with Crippen molar-refractivity contribution >= 4 is 5.57 Å². The van der Waals surface area contributed by atoms with Crippen LogP contribution in [0.1, 0.15) is 11.1 Å². The van der Waals surface area contributed by atoms with Crippen molar-refractivity contribution in [3.63, 3.8) is 0 Å². The summed E-state index contributed by atoms with van der Waals surface area (Å²) in [6, 6.07) is 12.6. The van der Waals surface area contributed by atoms with Crippen LogP contribution < -0.4 is 9.47 Å². The van der Waals surface area contributed by atoms with Gasteiger partial charge in [0.1, 0.15) is 12.0 Å². The van der Waals surface area contributed by atoms with E-state index in [1.165, 1.54) is 13.2 Å². The Morgan fingerprint density at radius 2 is 1.92 bits per heavy atom. The number of aliphatic hydroxyl groups excluding tert-OH is 1. The summed E-state index contributed by atoms with van der Waals surface area (Å²) in [7, 11) is 4.91. The van der Waals surface area contributed by atoms with Gasteiger partial charge >= 0.3 is 0 Å². The second-order valence-electron chi connectivity index (χ2n) is 5.55. The van der Waals surface area contributed by atoms with Gasteiger partial charge in [0.15, 0.2) is 11.5 Å². The molecule has 1 unspecified atom stereocenters. The molecule has 0 aliphatic heterocycles. The van der Waals surface area contributed by atoms with Crippen LogP contribution in [0.25, 0.3) is 5.57 Å². The van der Waals surface area contributed by atoms with Gasteiger partial charge in [-0.15, -0.1) is 0 Å². The van der Waals surface area contributed by atoms with Crippen molar-refractivity contribution < 1.29 is 19.7 Å². The number of likely N-dealkylation sites (N-methyl/N-ethyl adjacent to an activating group) is 1. The third-order valence-corrected chi connectivity index (χ3v) is 3.85. The molecule has 0 aromatic heterocycles. The third-order valence-electron chi connectivity index (χ3n) is 3.85. The molecule has 2 rings (SSSR count). The van der Waals surface area contributed by atoms with Crippen LogP contribution in [0, 0.1) is 0 Å². The molecule has 0 saturated heterocycles. The quantitative estimate of drug-likeness (QED) is 0.765. The van der Waals surface area contributed by atoms with E-state index in [4.69, 9.17) is 9.47 Å². The summed E-state index contributed by atoms with van der Waals surface area (Å²) in [4.78, 5) is 1.77. The number of hydrogen-bond donors (Lipinski definition) is 2. The van der Waals surface area contributed by atoms with E-state index >= 15 is 0 Å². The lowest BCUT2D eigenvalue weighted by Gasteiger charge is -2.25. The molecule has 1 atom stereocenters. The molecule has 2 aromatic rings.